The molecule has 2 rings (SSSR count). The Morgan fingerprint density at radius 2 is 2.06 bits per heavy atom. The van der Waals surface area contributed by atoms with E-state index >= 15 is 0 Å². The van der Waals surface area contributed by atoms with E-state index in [-0.39, 0.29) is 17.2 Å². The molecule has 3 heteroatoms. The molecule has 0 aromatic heterocycles. The summed E-state index contributed by atoms with van der Waals surface area (Å²) in [7, 11) is 0. The molecule has 1 unspecified atom stereocenters. The number of benzene rings is 1. The Balaban J connectivity index is 2.61. The maximum absolute atomic E-state index is 12.2. The van der Waals surface area contributed by atoms with Crippen LogP contribution in [0.15, 0.2) is 24.3 Å². The molecular formula is C14H20N2O. The zero-order valence-electron chi connectivity index (χ0n) is 10.7. The third-order valence-electron chi connectivity index (χ3n) is 3.62. The SMILES string of the molecule is CCC1C(=O)N(N)CC(C)(C)c2ccccc21. The molecule has 1 aromatic rings. The average Bonchev–Trinajstić information content (AvgIpc) is 2.35. The molecule has 92 valence electrons. The zero-order valence-corrected chi connectivity index (χ0v) is 10.7. The van der Waals surface area contributed by atoms with E-state index in [1.165, 1.54) is 10.6 Å². The summed E-state index contributed by atoms with van der Waals surface area (Å²) in [6.45, 7) is 6.87. The lowest BCUT2D eigenvalue weighted by Crippen LogP contribution is -2.44. The quantitative estimate of drug-likeness (QED) is 0.596. The van der Waals surface area contributed by atoms with Crippen molar-refractivity contribution in [2.45, 2.75) is 38.5 Å². The second-order valence-electron chi connectivity index (χ2n) is 5.40. The molecule has 17 heavy (non-hydrogen) atoms. The third kappa shape index (κ3) is 1.95. The van der Waals surface area contributed by atoms with Crippen molar-refractivity contribution in [1.29, 1.82) is 0 Å². The highest BCUT2D eigenvalue weighted by atomic mass is 16.2. The summed E-state index contributed by atoms with van der Waals surface area (Å²) in [5.41, 5.74) is 2.29. The van der Waals surface area contributed by atoms with Gasteiger partial charge in [-0.15, -0.1) is 0 Å². The van der Waals surface area contributed by atoms with Crippen LogP contribution in [0.1, 0.15) is 44.2 Å². The highest BCUT2D eigenvalue weighted by Crippen LogP contribution is 2.36. The number of carbonyl (C=O) groups is 1. The van der Waals surface area contributed by atoms with Gasteiger partial charge in [0.2, 0.25) is 5.91 Å². The van der Waals surface area contributed by atoms with Gasteiger partial charge in [0, 0.05) is 12.0 Å². The highest BCUT2D eigenvalue weighted by molar-refractivity contribution is 5.84. The normalized spacial score (nSPS) is 23.2. The van der Waals surface area contributed by atoms with Crippen LogP contribution < -0.4 is 5.84 Å². The Kier molecular flexibility index (Phi) is 2.96. The summed E-state index contributed by atoms with van der Waals surface area (Å²) in [5, 5.41) is 1.38. The fourth-order valence-corrected chi connectivity index (χ4v) is 2.73. The molecule has 0 saturated carbocycles. The summed E-state index contributed by atoms with van der Waals surface area (Å²) in [6, 6.07) is 8.20. The number of nitrogens with zero attached hydrogens (tertiary/aromatic N) is 1. The number of amides is 1. The van der Waals surface area contributed by atoms with Crippen LogP contribution >= 0.6 is 0 Å². The predicted molar refractivity (Wildman–Crippen MR) is 68.4 cm³/mol. The van der Waals surface area contributed by atoms with E-state index < -0.39 is 0 Å². The molecule has 0 spiro atoms. The highest BCUT2D eigenvalue weighted by Gasteiger charge is 2.36. The van der Waals surface area contributed by atoms with E-state index in [0.717, 1.165) is 12.0 Å². The largest absolute Gasteiger partial charge is 0.279 e. The molecule has 0 bridgehead atoms. The van der Waals surface area contributed by atoms with Crippen molar-refractivity contribution in [3.63, 3.8) is 0 Å². The summed E-state index contributed by atoms with van der Waals surface area (Å²) < 4.78 is 0. The van der Waals surface area contributed by atoms with Crippen molar-refractivity contribution in [3.8, 4) is 0 Å². The minimum Gasteiger partial charge on any atom is -0.279 e. The lowest BCUT2D eigenvalue weighted by molar-refractivity contribution is -0.133. The lowest BCUT2D eigenvalue weighted by atomic mass is 9.79. The number of hydrogen-bond donors (Lipinski definition) is 1. The first-order valence-electron chi connectivity index (χ1n) is 6.13. The molecule has 1 atom stereocenters. The van der Waals surface area contributed by atoms with Crippen LogP contribution in [0.25, 0.3) is 0 Å². The first kappa shape index (κ1) is 12.1. The average molecular weight is 232 g/mol. The molecule has 1 aromatic carbocycles. The molecule has 1 aliphatic heterocycles. The minimum atomic E-state index is -0.0991. The Morgan fingerprint density at radius 3 is 2.71 bits per heavy atom. The summed E-state index contributed by atoms with van der Waals surface area (Å²) in [5.74, 6) is 5.82. The van der Waals surface area contributed by atoms with Crippen LogP contribution in [0.5, 0.6) is 0 Å². The van der Waals surface area contributed by atoms with Crippen LogP contribution in [0.3, 0.4) is 0 Å². The number of rotatable bonds is 1. The van der Waals surface area contributed by atoms with Crippen molar-refractivity contribution in [2.75, 3.05) is 6.54 Å². The van der Waals surface area contributed by atoms with Gasteiger partial charge in [-0.25, -0.2) is 5.84 Å². The Bertz CT molecular complexity index is 440. The first-order valence-corrected chi connectivity index (χ1v) is 6.13. The molecule has 0 fully saturated rings. The van der Waals surface area contributed by atoms with Crippen molar-refractivity contribution in [3.05, 3.63) is 35.4 Å². The Morgan fingerprint density at radius 1 is 1.41 bits per heavy atom. The molecule has 0 aliphatic carbocycles. The molecule has 0 saturated heterocycles. The van der Waals surface area contributed by atoms with Gasteiger partial charge in [0.15, 0.2) is 0 Å². The monoisotopic (exact) mass is 232 g/mol. The van der Waals surface area contributed by atoms with E-state index in [4.69, 9.17) is 5.84 Å². The van der Waals surface area contributed by atoms with Gasteiger partial charge in [-0.3, -0.25) is 9.80 Å². The van der Waals surface area contributed by atoms with Gasteiger partial charge < -0.3 is 0 Å². The molecule has 2 N–H and O–H groups in total. The van der Waals surface area contributed by atoms with Crippen LogP contribution in [-0.4, -0.2) is 17.5 Å². The van der Waals surface area contributed by atoms with Crippen molar-refractivity contribution in [2.24, 2.45) is 5.84 Å². The van der Waals surface area contributed by atoms with E-state index in [1.54, 1.807) is 0 Å². The summed E-state index contributed by atoms with van der Waals surface area (Å²) in [6.07, 6.45) is 0.791. The Hall–Kier alpha value is -1.35. The van der Waals surface area contributed by atoms with Gasteiger partial charge in [0.1, 0.15) is 0 Å². The second kappa shape index (κ2) is 4.15. The van der Waals surface area contributed by atoms with Crippen LogP contribution in [0.2, 0.25) is 0 Å². The topological polar surface area (TPSA) is 46.3 Å². The van der Waals surface area contributed by atoms with Gasteiger partial charge in [0.25, 0.3) is 0 Å². The van der Waals surface area contributed by atoms with Gasteiger partial charge >= 0.3 is 0 Å². The molecule has 1 amide bonds. The maximum atomic E-state index is 12.2. The van der Waals surface area contributed by atoms with Crippen LogP contribution in [0, 0.1) is 0 Å². The van der Waals surface area contributed by atoms with Gasteiger partial charge in [0.05, 0.1) is 5.92 Å². The van der Waals surface area contributed by atoms with Crippen molar-refractivity contribution in [1.82, 2.24) is 5.01 Å². The minimum absolute atomic E-state index is 0.0329. The molecule has 1 aliphatic rings. The van der Waals surface area contributed by atoms with Gasteiger partial charge in [-0.05, 0) is 17.5 Å². The van der Waals surface area contributed by atoms with Gasteiger partial charge in [-0.2, -0.15) is 0 Å². The van der Waals surface area contributed by atoms with E-state index in [9.17, 15) is 4.79 Å². The van der Waals surface area contributed by atoms with Crippen LogP contribution in [0.4, 0.5) is 0 Å². The van der Waals surface area contributed by atoms with Gasteiger partial charge in [-0.1, -0.05) is 45.0 Å². The first-order chi connectivity index (χ1) is 7.97. The zero-order chi connectivity index (χ0) is 12.6. The predicted octanol–water partition coefficient (Wildman–Crippen LogP) is 2.17. The molecule has 3 nitrogen and oxygen atoms in total. The fraction of sp³-hybridized carbons (Fsp3) is 0.500. The van der Waals surface area contributed by atoms with Crippen molar-refractivity contribution < 1.29 is 4.79 Å². The third-order valence-corrected chi connectivity index (χ3v) is 3.62. The second-order valence-corrected chi connectivity index (χ2v) is 5.40. The Labute approximate surface area is 103 Å². The smallest absolute Gasteiger partial charge is 0.244 e. The number of carbonyl (C=O) groups excluding carboxylic acids is 1. The standard InChI is InChI=1S/C14H20N2O/c1-4-10-11-7-5-6-8-12(11)14(2,3)9-16(15)13(10)17/h5-8,10H,4,9,15H2,1-3H3. The van der Waals surface area contributed by atoms with E-state index in [2.05, 4.69) is 26.0 Å². The van der Waals surface area contributed by atoms with Crippen LogP contribution in [-0.2, 0) is 10.2 Å². The molecular weight excluding hydrogens is 212 g/mol. The molecule has 0 radical (unpaired) electrons. The number of hydrazine groups is 1. The number of fused-ring (bicyclic) bond motifs is 1. The summed E-state index contributed by atoms with van der Waals surface area (Å²) >= 11 is 0. The van der Waals surface area contributed by atoms with E-state index in [1.807, 2.05) is 19.1 Å². The lowest BCUT2D eigenvalue weighted by Gasteiger charge is -2.28. The number of nitrogens with two attached hydrogens (primary N) is 1. The summed E-state index contributed by atoms with van der Waals surface area (Å²) in [4.78, 5) is 12.2. The van der Waals surface area contributed by atoms with Crippen molar-refractivity contribution >= 4 is 5.91 Å². The molecule has 1 heterocycles. The maximum Gasteiger partial charge on any atom is 0.244 e. The number of hydrogen-bond acceptors (Lipinski definition) is 2. The van der Waals surface area contributed by atoms with E-state index in [0.29, 0.717) is 6.54 Å². The fourth-order valence-electron chi connectivity index (χ4n) is 2.73.